The van der Waals surface area contributed by atoms with Crippen LogP contribution in [-0.4, -0.2) is 28.6 Å². The minimum atomic E-state index is -4.38. The molecule has 0 bridgehead atoms. The van der Waals surface area contributed by atoms with Crippen molar-refractivity contribution < 1.29 is 23.1 Å². The Kier molecular flexibility index (Phi) is 6.54. The zero-order valence-corrected chi connectivity index (χ0v) is 12.6. The van der Waals surface area contributed by atoms with E-state index in [4.69, 9.17) is 5.11 Å². The standard InChI is InChI=1S/C14H18F3NO2S/c1-9(7-19)8-21-10(2)13(20)18-12-5-3-11(4-6-12)14(15,16)17/h3-6,9-10,19H,7-8H2,1-2H3,(H,18,20)/t9-,10-/m0/s1. The van der Waals surface area contributed by atoms with Crippen LogP contribution < -0.4 is 5.32 Å². The van der Waals surface area contributed by atoms with Crippen molar-refractivity contribution in [2.45, 2.75) is 25.3 Å². The van der Waals surface area contributed by atoms with Crippen molar-refractivity contribution in [3.05, 3.63) is 29.8 Å². The second kappa shape index (κ2) is 7.70. The summed E-state index contributed by atoms with van der Waals surface area (Å²) in [5, 5.41) is 11.1. The first-order valence-corrected chi connectivity index (χ1v) is 7.49. The minimum Gasteiger partial charge on any atom is -0.396 e. The van der Waals surface area contributed by atoms with E-state index in [0.717, 1.165) is 12.1 Å². The second-order valence-corrected chi connectivity index (χ2v) is 6.20. The molecule has 0 heterocycles. The quantitative estimate of drug-likeness (QED) is 0.844. The van der Waals surface area contributed by atoms with Crippen molar-refractivity contribution >= 4 is 23.4 Å². The molecule has 0 unspecified atom stereocenters. The molecule has 0 radical (unpaired) electrons. The first-order chi connectivity index (χ1) is 9.74. The summed E-state index contributed by atoms with van der Waals surface area (Å²) in [6.45, 7) is 3.64. The molecule has 0 aliphatic heterocycles. The van der Waals surface area contributed by atoms with Gasteiger partial charge in [-0.05, 0) is 42.9 Å². The molecule has 0 aliphatic rings. The number of nitrogens with one attached hydrogen (secondary N) is 1. The average Bonchev–Trinajstić information content (AvgIpc) is 2.43. The highest BCUT2D eigenvalue weighted by Crippen LogP contribution is 2.30. The number of benzene rings is 1. The van der Waals surface area contributed by atoms with E-state index in [1.54, 1.807) is 6.92 Å². The molecule has 1 aromatic carbocycles. The van der Waals surface area contributed by atoms with Crippen molar-refractivity contribution in [1.29, 1.82) is 0 Å². The van der Waals surface area contributed by atoms with Gasteiger partial charge in [0.05, 0.1) is 10.8 Å². The minimum absolute atomic E-state index is 0.0558. The maximum Gasteiger partial charge on any atom is 0.416 e. The van der Waals surface area contributed by atoms with E-state index in [0.29, 0.717) is 11.4 Å². The normalized spacial score (nSPS) is 14.6. The molecule has 3 nitrogen and oxygen atoms in total. The summed E-state index contributed by atoms with van der Waals surface area (Å²) >= 11 is 1.39. The highest BCUT2D eigenvalue weighted by atomic mass is 32.2. The van der Waals surface area contributed by atoms with E-state index >= 15 is 0 Å². The Morgan fingerprint density at radius 1 is 1.29 bits per heavy atom. The van der Waals surface area contributed by atoms with Gasteiger partial charge in [-0.2, -0.15) is 13.2 Å². The van der Waals surface area contributed by atoms with Gasteiger partial charge in [-0.15, -0.1) is 11.8 Å². The predicted octanol–water partition coefficient (Wildman–Crippen LogP) is 3.39. The first-order valence-electron chi connectivity index (χ1n) is 6.44. The number of hydrogen-bond acceptors (Lipinski definition) is 3. The maximum atomic E-state index is 12.4. The Bertz CT molecular complexity index is 462. The molecule has 21 heavy (non-hydrogen) atoms. The third-order valence-corrected chi connectivity index (χ3v) is 4.27. The molecule has 2 N–H and O–H groups in total. The molecule has 0 aromatic heterocycles. The lowest BCUT2D eigenvalue weighted by Gasteiger charge is -2.14. The Labute approximate surface area is 125 Å². The van der Waals surface area contributed by atoms with Crippen molar-refractivity contribution in [2.24, 2.45) is 5.92 Å². The van der Waals surface area contributed by atoms with Gasteiger partial charge in [0.15, 0.2) is 0 Å². The number of carbonyl (C=O) groups is 1. The molecule has 118 valence electrons. The SMILES string of the molecule is C[C@@H](CO)CS[C@@H](C)C(=O)Nc1ccc(C(F)(F)F)cc1. The maximum absolute atomic E-state index is 12.4. The summed E-state index contributed by atoms with van der Waals surface area (Å²) in [4.78, 5) is 11.9. The number of halogens is 3. The van der Waals surface area contributed by atoms with Gasteiger partial charge >= 0.3 is 6.18 Å². The monoisotopic (exact) mass is 321 g/mol. The van der Waals surface area contributed by atoms with Crippen molar-refractivity contribution in [3.63, 3.8) is 0 Å². The van der Waals surface area contributed by atoms with Gasteiger partial charge < -0.3 is 10.4 Å². The van der Waals surface area contributed by atoms with Crippen LogP contribution in [0.15, 0.2) is 24.3 Å². The van der Waals surface area contributed by atoms with E-state index < -0.39 is 11.7 Å². The van der Waals surface area contributed by atoms with Crippen molar-refractivity contribution in [1.82, 2.24) is 0 Å². The fourth-order valence-electron chi connectivity index (χ4n) is 1.42. The van der Waals surface area contributed by atoms with Gasteiger partial charge in [-0.1, -0.05) is 6.92 Å². The molecule has 0 saturated heterocycles. The fraction of sp³-hybridized carbons (Fsp3) is 0.500. The van der Waals surface area contributed by atoms with E-state index in [1.165, 1.54) is 23.9 Å². The van der Waals surface area contributed by atoms with Crippen LogP contribution in [0.25, 0.3) is 0 Å². The zero-order valence-electron chi connectivity index (χ0n) is 11.8. The molecule has 1 aromatic rings. The summed E-state index contributed by atoms with van der Waals surface area (Å²) in [5.41, 5.74) is -0.421. The number of carbonyl (C=O) groups excluding carboxylic acids is 1. The van der Waals surface area contributed by atoms with E-state index in [9.17, 15) is 18.0 Å². The Morgan fingerprint density at radius 3 is 2.33 bits per heavy atom. The van der Waals surface area contributed by atoms with Gasteiger partial charge in [0.1, 0.15) is 0 Å². The largest absolute Gasteiger partial charge is 0.416 e. The lowest BCUT2D eigenvalue weighted by atomic mass is 10.2. The highest BCUT2D eigenvalue weighted by Gasteiger charge is 2.30. The van der Waals surface area contributed by atoms with E-state index in [1.807, 2.05) is 6.92 Å². The summed E-state index contributed by atoms with van der Waals surface area (Å²) in [5.74, 6) is 0.458. The first kappa shape index (κ1) is 17.8. The van der Waals surface area contributed by atoms with Crippen LogP contribution in [0.1, 0.15) is 19.4 Å². The number of amides is 1. The summed E-state index contributed by atoms with van der Waals surface area (Å²) in [7, 11) is 0. The third-order valence-electron chi connectivity index (χ3n) is 2.79. The van der Waals surface area contributed by atoms with Crippen LogP contribution in [0.2, 0.25) is 0 Å². The molecule has 1 rings (SSSR count). The molecule has 0 aliphatic carbocycles. The van der Waals surface area contributed by atoms with E-state index in [-0.39, 0.29) is 23.7 Å². The van der Waals surface area contributed by atoms with E-state index in [2.05, 4.69) is 5.32 Å². The van der Waals surface area contributed by atoms with Crippen LogP contribution >= 0.6 is 11.8 Å². The smallest absolute Gasteiger partial charge is 0.396 e. The van der Waals surface area contributed by atoms with Gasteiger partial charge in [0.25, 0.3) is 0 Å². The molecule has 2 atom stereocenters. The summed E-state index contributed by atoms with van der Waals surface area (Å²) < 4.78 is 37.2. The Balaban J connectivity index is 2.54. The number of alkyl halides is 3. The fourth-order valence-corrected chi connectivity index (χ4v) is 2.36. The lowest BCUT2D eigenvalue weighted by molar-refractivity contribution is -0.137. The number of thioether (sulfide) groups is 1. The number of hydrogen-bond donors (Lipinski definition) is 2. The average molecular weight is 321 g/mol. The van der Waals surface area contributed by atoms with Crippen LogP contribution in [-0.2, 0) is 11.0 Å². The lowest BCUT2D eigenvalue weighted by Crippen LogP contribution is -2.23. The van der Waals surface area contributed by atoms with Gasteiger partial charge in [0.2, 0.25) is 5.91 Å². The molecule has 0 spiro atoms. The van der Waals surface area contributed by atoms with Gasteiger partial charge in [-0.25, -0.2) is 0 Å². The zero-order chi connectivity index (χ0) is 16.0. The summed E-state index contributed by atoms with van der Waals surface area (Å²) in [6, 6.07) is 4.32. The molecule has 1 amide bonds. The molecule has 7 heteroatoms. The van der Waals surface area contributed by atoms with Gasteiger partial charge in [0, 0.05) is 12.3 Å². The molecular weight excluding hydrogens is 303 g/mol. The third kappa shape index (κ3) is 5.97. The second-order valence-electron chi connectivity index (χ2n) is 4.83. The number of aliphatic hydroxyl groups excluding tert-OH is 1. The molecular formula is C14H18F3NO2S. The predicted molar refractivity (Wildman–Crippen MR) is 78.2 cm³/mol. The van der Waals surface area contributed by atoms with Crippen LogP contribution in [0.5, 0.6) is 0 Å². The number of anilines is 1. The molecule has 0 fully saturated rings. The number of aliphatic hydroxyl groups is 1. The van der Waals surface area contributed by atoms with Crippen molar-refractivity contribution in [2.75, 3.05) is 17.7 Å². The van der Waals surface area contributed by atoms with Crippen LogP contribution in [0.4, 0.5) is 18.9 Å². The Hall–Kier alpha value is -1.21. The number of rotatable bonds is 6. The highest BCUT2D eigenvalue weighted by molar-refractivity contribution is 8.00. The summed E-state index contributed by atoms with van der Waals surface area (Å²) in [6.07, 6.45) is -4.38. The van der Waals surface area contributed by atoms with Gasteiger partial charge in [-0.3, -0.25) is 4.79 Å². The molecule has 0 saturated carbocycles. The Morgan fingerprint density at radius 2 is 1.86 bits per heavy atom. The topological polar surface area (TPSA) is 49.3 Å². The van der Waals surface area contributed by atoms with Crippen molar-refractivity contribution in [3.8, 4) is 0 Å². The van der Waals surface area contributed by atoms with Crippen LogP contribution in [0, 0.1) is 5.92 Å². The van der Waals surface area contributed by atoms with Crippen LogP contribution in [0.3, 0.4) is 0 Å².